The minimum atomic E-state index is -3.83. The second-order valence-corrected chi connectivity index (χ2v) is 8.35. The van der Waals surface area contributed by atoms with Gasteiger partial charge in [-0.2, -0.15) is 0 Å². The first kappa shape index (κ1) is 18.9. The minimum Gasteiger partial charge on any atom is -0.288 e. The molecule has 0 fully saturated rings. The summed E-state index contributed by atoms with van der Waals surface area (Å²) in [6, 6.07) is 11.4. The smallest absolute Gasteiger partial charge is 0.284 e. The number of non-ortho nitro benzene ring substituents is 1. The van der Waals surface area contributed by atoms with Crippen molar-refractivity contribution in [1.82, 2.24) is 10.2 Å². The number of hydroxylamine groups is 1. The van der Waals surface area contributed by atoms with Gasteiger partial charge in [0.1, 0.15) is 0 Å². The third-order valence-corrected chi connectivity index (χ3v) is 6.25. The van der Waals surface area contributed by atoms with Crippen molar-refractivity contribution in [1.29, 1.82) is 0 Å². The molecular formula is C16H13N3O6S2. The van der Waals surface area contributed by atoms with Crippen LogP contribution in [0.25, 0.3) is 10.1 Å². The monoisotopic (exact) mass is 407 g/mol. The highest BCUT2D eigenvalue weighted by atomic mass is 32.2. The van der Waals surface area contributed by atoms with Crippen molar-refractivity contribution in [3.05, 3.63) is 69.1 Å². The van der Waals surface area contributed by atoms with Crippen molar-refractivity contribution in [2.24, 2.45) is 0 Å². The molecule has 0 saturated heterocycles. The molecule has 1 amide bonds. The Labute approximate surface area is 157 Å². The summed E-state index contributed by atoms with van der Waals surface area (Å²) in [7, 11) is -3.83. The first-order valence-electron chi connectivity index (χ1n) is 7.51. The predicted octanol–water partition coefficient (Wildman–Crippen LogP) is 2.41. The standard InChI is InChI=1S/C16H13N3O6S2/c20-16(18-21)15-8-11-2-1-10(7-14(11)26-15)9-17-27(24,25)13-5-3-12(4-6-13)19(22)23/h1-8,17,21H,9H2,(H,18,20). The van der Waals surface area contributed by atoms with Crippen LogP contribution in [0.1, 0.15) is 15.2 Å². The summed E-state index contributed by atoms with van der Waals surface area (Å²) in [5, 5.41) is 20.1. The van der Waals surface area contributed by atoms with Gasteiger partial charge in [0.05, 0.1) is 14.7 Å². The van der Waals surface area contributed by atoms with Crippen molar-refractivity contribution < 1.29 is 23.3 Å². The van der Waals surface area contributed by atoms with E-state index in [0.717, 1.165) is 22.2 Å². The maximum absolute atomic E-state index is 12.3. The number of nitro benzene ring substituents is 1. The van der Waals surface area contributed by atoms with Crippen LogP contribution in [0.3, 0.4) is 0 Å². The molecule has 3 N–H and O–H groups in total. The summed E-state index contributed by atoms with van der Waals surface area (Å²) in [6.07, 6.45) is 0. The number of thiophene rings is 1. The van der Waals surface area contributed by atoms with Gasteiger partial charge < -0.3 is 0 Å². The lowest BCUT2D eigenvalue weighted by atomic mass is 10.2. The Morgan fingerprint density at radius 1 is 1.15 bits per heavy atom. The highest BCUT2D eigenvalue weighted by Crippen LogP contribution is 2.27. The molecule has 3 aromatic rings. The third-order valence-electron chi connectivity index (χ3n) is 3.73. The minimum absolute atomic E-state index is 0.00862. The molecule has 140 valence electrons. The van der Waals surface area contributed by atoms with Crippen molar-refractivity contribution in [3.63, 3.8) is 0 Å². The number of nitrogens with zero attached hydrogens (tertiary/aromatic N) is 1. The van der Waals surface area contributed by atoms with E-state index in [2.05, 4.69) is 4.72 Å². The average Bonchev–Trinajstić information content (AvgIpc) is 3.09. The normalized spacial score (nSPS) is 11.4. The third kappa shape index (κ3) is 4.11. The zero-order valence-electron chi connectivity index (χ0n) is 13.6. The SMILES string of the molecule is O=C(NO)c1cc2ccc(CNS(=O)(=O)c3ccc([N+](=O)[O-])cc3)cc2s1. The van der Waals surface area contributed by atoms with Crippen LogP contribution in [0, 0.1) is 10.1 Å². The molecule has 1 aromatic heterocycles. The molecule has 1 heterocycles. The highest BCUT2D eigenvalue weighted by Gasteiger charge is 2.16. The first-order chi connectivity index (χ1) is 12.8. The number of benzene rings is 2. The van der Waals surface area contributed by atoms with E-state index in [1.807, 2.05) is 0 Å². The zero-order chi connectivity index (χ0) is 19.6. The molecule has 3 rings (SSSR count). The molecule has 0 radical (unpaired) electrons. The van der Waals surface area contributed by atoms with E-state index in [1.54, 1.807) is 29.7 Å². The zero-order valence-corrected chi connectivity index (χ0v) is 15.2. The maximum atomic E-state index is 12.3. The van der Waals surface area contributed by atoms with Gasteiger partial charge in [-0.3, -0.25) is 20.1 Å². The fourth-order valence-electron chi connectivity index (χ4n) is 2.36. The quantitative estimate of drug-likeness (QED) is 0.326. The molecule has 2 aromatic carbocycles. The molecule has 0 aliphatic heterocycles. The van der Waals surface area contributed by atoms with Crippen LogP contribution >= 0.6 is 11.3 Å². The van der Waals surface area contributed by atoms with Gasteiger partial charge in [0.25, 0.3) is 11.6 Å². The van der Waals surface area contributed by atoms with Crippen LogP contribution in [0.2, 0.25) is 0 Å². The molecule has 0 aliphatic carbocycles. The summed E-state index contributed by atoms with van der Waals surface area (Å²) < 4.78 is 27.8. The van der Waals surface area contributed by atoms with Crippen LogP contribution in [0.4, 0.5) is 5.69 Å². The first-order valence-corrected chi connectivity index (χ1v) is 9.81. The Kier molecular flexibility index (Phi) is 5.19. The fraction of sp³-hybridized carbons (Fsp3) is 0.0625. The van der Waals surface area contributed by atoms with Gasteiger partial charge in [-0.15, -0.1) is 11.3 Å². The summed E-state index contributed by atoms with van der Waals surface area (Å²) in [4.78, 5) is 21.8. The number of fused-ring (bicyclic) bond motifs is 1. The van der Waals surface area contributed by atoms with Crippen molar-refractivity contribution in [2.45, 2.75) is 11.4 Å². The van der Waals surface area contributed by atoms with Crippen LogP contribution in [0.15, 0.2) is 53.4 Å². The van der Waals surface area contributed by atoms with E-state index < -0.39 is 20.9 Å². The molecule has 0 aliphatic rings. The van der Waals surface area contributed by atoms with Gasteiger partial charge in [-0.25, -0.2) is 18.6 Å². The number of rotatable bonds is 6. The molecule has 9 nitrogen and oxygen atoms in total. The maximum Gasteiger partial charge on any atom is 0.284 e. The lowest BCUT2D eigenvalue weighted by Gasteiger charge is -2.07. The number of carbonyl (C=O) groups is 1. The summed E-state index contributed by atoms with van der Waals surface area (Å²) >= 11 is 1.17. The Bertz CT molecular complexity index is 1120. The Morgan fingerprint density at radius 2 is 1.85 bits per heavy atom. The number of hydrogen-bond acceptors (Lipinski definition) is 7. The van der Waals surface area contributed by atoms with Crippen LogP contribution < -0.4 is 10.2 Å². The number of carbonyl (C=O) groups excluding carboxylic acids is 1. The molecule has 0 atom stereocenters. The van der Waals surface area contributed by atoms with Crippen LogP contribution in [-0.4, -0.2) is 24.5 Å². The second kappa shape index (κ2) is 7.40. The van der Waals surface area contributed by atoms with E-state index in [9.17, 15) is 23.3 Å². The number of nitro groups is 1. The molecule has 0 bridgehead atoms. The topological polar surface area (TPSA) is 139 Å². The number of hydrogen-bond donors (Lipinski definition) is 3. The van der Waals surface area contributed by atoms with Crippen molar-refractivity contribution in [2.75, 3.05) is 0 Å². The largest absolute Gasteiger partial charge is 0.288 e. The van der Waals surface area contributed by atoms with Gasteiger partial charge in [-0.05, 0) is 35.2 Å². The number of nitrogens with one attached hydrogen (secondary N) is 2. The van der Waals surface area contributed by atoms with E-state index in [1.165, 1.54) is 23.5 Å². The number of amides is 1. The van der Waals surface area contributed by atoms with Crippen LogP contribution in [-0.2, 0) is 16.6 Å². The Balaban J connectivity index is 1.76. The number of sulfonamides is 1. The molecule has 11 heteroatoms. The fourth-order valence-corrected chi connectivity index (χ4v) is 4.40. The summed E-state index contributed by atoms with van der Waals surface area (Å²) in [6.45, 7) is 0.00862. The molecule has 0 unspecified atom stereocenters. The predicted molar refractivity (Wildman–Crippen MR) is 98.2 cm³/mol. The second-order valence-electron chi connectivity index (χ2n) is 5.50. The van der Waals surface area contributed by atoms with Gasteiger partial charge in [0.15, 0.2) is 0 Å². The van der Waals surface area contributed by atoms with E-state index in [0.29, 0.717) is 10.4 Å². The summed E-state index contributed by atoms with van der Waals surface area (Å²) in [5.41, 5.74) is 2.05. The van der Waals surface area contributed by atoms with Gasteiger partial charge in [-0.1, -0.05) is 12.1 Å². The van der Waals surface area contributed by atoms with Crippen molar-refractivity contribution in [3.8, 4) is 0 Å². The molecule has 0 saturated carbocycles. The lowest BCUT2D eigenvalue weighted by molar-refractivity contribution is -0.384. The molecule has 0 spiro atoms. The lowest BCUT2D eigenvalue weighted by Crippen LogP contribution is -2.23. The van der Waals surface area contributed by atoms with Crippen molar-refractivity contribution >= 4 is 43.0 Å². The average molecular weight is 407 g/mol. The highest BCUT2D eigenvalue weighted by molar-refractivity contribution is 7.89. The Hall–Kier alpha value is -2.86. The molecule has 27 heavy (non-hydrogen) atoms. The van der Waals surface area contributed by atoms with Gasteiger partial charge in [0.2, 0.25) is 10.0 Å². The summed E-state index contributed by atoms with van der Waals surface area (Å²) in [5.74, 6) is -0.614. The Morgan fingerprint density at radius 3 is 2.48 bits per heavy atom. The van der Waals surface area contributed by atoms with E-state index >= 15 is 0 Å². The van der Waals surface area contributed by atoms with Gasteiger partial charge >= 0.3 is 0 Å². The van der Waals surface area contributed by atoms with E-state index in [4.69, 9.17) is 5.21 Å². The van der Waals surface area contributed by atoms with Gasteiger partial charge in [0, 0.05) is 23.4 Å². The molecular weight excluding hydrogens is 394 g/mol. The van der Waals surface area contributed by atoms with Crippen LogP contribution in [0.5, 0.6) is 0 Å². The van der Waals surface area contributed by atoms with E-state index in [-0.39, 0.29) is 17.1 Å².